The summed E-state index contributed by atoms with van der Waals surface area (Å²) in [7, 11) is -3.55. The molecule has 2 N–H and O–H groups in total. The Hall–Kier alpha value is -3.49. The van der Waals surface area contributed by atoms with Gasteiger partial charge in [-0.2, -0.15) is 4.31 Å². The van der Waals surface area contributed by atoms with Gasteiger partial charge in [0.1, 0.15) is 5.82 Å². The van der Waals surface area contributed by atoms with Crippen molar-refractivity contribution >= 4 is 27.0 Å². The predicted octanol–water partition coefficient (Wildman–Crippen LogP) is 4.06. The van der Waals surface area contributed by atoms with Gasteiger partial charge in [0.2, 0.25) is 15.9 Å². The van der Waals surface area contributed by atoms with Crippen molar-refractivity contribution in [3.63, 3.8) is 0 Å². The van der Waals surface area contributed by atoms with Crippen molar-refractivity contribution in [3.05, 3.63) is 96.3 Å². The molecule has 0 saturated carbocycles. The van der Waals surface area contributed by atoms with Crippen molar-refractivity contribution in [2.24, 2.45) is 5.92 Å². The number of nitrogens with one attached hydrogen (secondary N) is 2. The second-order valence-electron chi connectivity index (χ2n) is 8.88. The van der Waals surface area contributed by atoms with Crippen LogP contribution < -0.4 is 5.32 Å². The molecule has 8 heteroatoms. The number of H-pyrrole nitrogens is 1. The molecule has 0 spiro atoms. The average molecular weight is 489 g/mol. The number of aromatic nitrogens is 2. The summed E-state index contributed by atoms with van der Waals surface area (Å²) in [5.41, 5.74) is 2.88. The minimum Gasteiger partial charge on any atom is -0.346 e. The van der Waals surface area contributed by atoms with E-state index in [1.165, 1.54) is 4.31 Å². The molecular weight excluding hydrogens is 460 g/mol. The fraction of sp³-hybridized carbons (Fsp3) is 0.259. The van der Waals surface area contributed by atoms with Crippen LogP contribution in [-0.4, -0.2) is 41.7 Å². The molecule has 0 aliphatic carbocycles. The zero-order valence-corrected chi connectivity index (χ0v) is 20.1. The summed E-state index contributed by atoms with van der Waals surface area (Å²) in [5, 5.41) is 3.20. The summed E-state index contributed by atoms with van der Waals surface area (Å²) in [6.45, 7) is 0.645. The molecule has 180 valence electrons. The Balaban J connectivity index is 1.29. The van der Waals surface area contributed by atoms with Crippen LogP contribution in [0, 0.1) is 5.92 Å². The number of sulfonamides is 1. The van der Waals surface area contributed by atoms with Crippen LogP contribution in [0.5, 0.6) is 0 Å². The standard InChI is InChI=1S/C27H28N4O3S/c32-27(21-15-17-31(18-16-21)35(33,34)22-11-5-2-6-12-22)30-25(19-20-9-3-1-4-10-20)26-28-23-13-7-8-14-24(23)29-26/h1-14,21,25H,15-19H2,(H,28,29)(H,30,32)/t25-/m1/s1. The van der Waals surface area contributed by atoms with Gasteiger partial charge >= 0.3 is 0 Å². The number of rotatable bonds is 7. The molecule has 4 aromatic rings. The quantitative estimate of drug-likeness (QED) is 0.410. The summed E-state index contributed by atoms with van der Waals surface area (Å²) < 4.78 is 27.3. The second-order valence-corrected chi connectivity index (χ2v) is 10.8. The van der Waals surface area contributed by atoms with Crippen LogP contribution in [0.1, 0.15) is 30.3 Å². The van der Waals surface area contributed by atoms with E-state index in [0.717, 1.165) is 16.6 Å². The number of amides is 1. The predicted molar refractivity (Wildman–Crippen MR) is 135 cm³/mol. The molecular formula is C27H28N4O3S. The maximum atomic E-state index is 13.3. The minimum atomic E-state index is -3.55. The van der Waals surface area contributed by atoms with Gasteiger partial charge in [-0.3, -0.25) is 4.79 Å². The first kappa shape index (κ1) is 23.3. The number of hydrogen-bond acceptors (Lipinski definition) is 4. The number of aromatic amines is 1. The van der Waals surface area contributed by atoms with E-state index in [-0.39, 0.29) is 22.8 Å². The second kappa shape index (κ2) is 10.0. The van der Waals surface area contributed by atoms with E-state index in [0.29, 0.717) is 38.2 Å². The lowest BCUT2D eigenvalue weighted by molar-refractivity contribution is -0.127. The van der Waals surface area contributed by atoms with Crippen LogP contribution in [0.15, 0.2) is 89.8 Å². The third kappa shape index (κ3) is 5.13. The molecule has 0 bridgehead atoms. The van der Waals surface area contributed by atoms with Gasteiger partial charge in [-0.15, -0.1) is 0 Å². The molecule has 1 aromatic heterocycles. The molecule has 0 radical (unpaired) electrons. The highest BCUT2D eigenvalue weighted by atomic mass is 32.2. The lowest BCUT2D eigenvalue weighted by atomic mass is 9.96. The van der Waals surface area contributed by atoms with Crippen LogP contribution in [0.4, 0.5) is 0 Å². The first-order valence-electron chi connectivity index (χ1n) is 11.8. The number of imidazole rings is 1. The summed E-state index contributed by atoms with van der Waals surface area (Å²) in [5.74, 6) is 0.399. The highest BCUT2D eigenvalue weighted by molar-refractivity contribution is 7.89. The largest absolute Gasteiger partial charge is 0.346 e. The normalized spacial score (nSPS) is 16.2. The Kier molecular flexibility index (Phi) is 6.66. The van der Waals surface area contributed by atoms with Crippen LogP contribution >= 0.6 is 0 Å². The minimum absolute atomic E-state index is 0.0665. The van der Waals surface area contributed by atoms with Gasteiger partial charge < -0.3 is 10.3 Å². The Morgan fingerprint density at radius 1 is 0.943 bits per heavy atom. The number of hydrogen-bond donors (Lipinski definition) is 2. The Bertz CT molecular complexity index is 1360. The van der Waals surface area contributed by atoms with Crippen LogP contribution in [-0.2, 0) is 21.2 Å². The van der Waals surface area contributed by atoms with Crippen molar-refractivity contribution < 1.29 is 13.2 Å². The number of carbonyl (C=O) groups excluding carboxylic acids is 1. The molecule has 0 unspecified atom stereocenters. The third-order valence-electron chi connectivity index (χ3n) is 6.54. The molecule has 1 atom stereocenters. The van der Waals surface area contributed by atoms with Gasteiger partial charge in [-0.25, -0.2) is 13.4 Å². The smallest absolute Gasteiger partial charge is 0.243 e. The molecule has 3 aromatic carbocycles. The first-order chi connectivity index (χ1) is 17.0. The molecule has 1 amide bonds. The van der Waals surface area contributed by atoms with Crippen molar-refractivity contribution in [2.75, 3.05) is 13.1 Å². The van der Waals surface area contributed by atoms with Crippen LogP contribution in [0.25, 0.3) is 11.0 Å². The lowest BCUT2D eigenvalue weighted by Gasteiger charge is -2.31. The van der Waals surface area contributed by atoms with Gasteiger partial charge in [0, 0.05) is 19.0 Å². The van der Waals surface area contributed by atoms with E-state index < -0.39 is 10.0 Å². The maximum Gasteiger partial charge on any atom is 0.243 e. The van der Waals surface area contributed by atoms with Gasteiger partial charge in [0.05, 0.1) is 22.0 Å². The summed E-state index contributed by atoms with van der Waals surface area (Å²) in [4.78, 5) is 21.7. The van der Waals surface area contributed by atoms with Gasteiger partial charge in [0.15, 0.2) is 0 Å². The summed E-state index contributed by atoms with van der Waals surface area (Å²) >= 11 is 0. The number of nitrogens with zero attached hydrogens (tertiary/aromatic N) is 2. The topological polar surface area (TPSA) is 95.2 Å². The average Bonchev–Trinajstić information content (AvgIpc) is 3.34. The fourth-order valence-corrected chi connectivity index (χ4v) is 6.08. The molecule has 2 heterocycles. The SMILES string of the molecule is O=C(N[C@H](Cc1ccccc1)c1nc2ccccc2[nH]1)C1CCN(S(=O)(=O)c2ccccc2)CC1. The molecule has 1 fully saturated rings. The number of benzene rings is 3. The van der Waals surface area contributed by atoms with E-state index in [1.807, 2.05) is 54.6 Å². The van der Waals surface area contributed by atoms with E-state index in [1.54, 1.807) is 30.3 Å². The van der Waals surface area contributed by atoms with Gasteiger partial charge in [0.25, 0.3) is 0 Å². The number of carbonyl (C=O) groups is 1. The summed E-state index contributed by atoms with van der Waals surface area (Å²) in [6.07, 6.45) is 1.57. The van der Waals surface area contributed by atoms with E-state index in [2.05, 4.69) is 10.3 Å². The van der Waals surface area contributed by atoms with Crippen molar-refractivity contribution in [1.82, 2.24) is 19.6 Å². The highest BCUT2D eigenvalue weighted by Crippen LogP contribution is 2.26. The van der Waals surface area contributed by atoms with Gasteiger partial charge in [-0.1, -0.05) is 60.7 Å². The molecule has 1 saturated heterocycles. The van der Waals surface area contributed by atoms with E-state index in [9.17, 15) is 13.2 Å². The van der Waals surface area contributed by atoms with Crippen LogP contribution in [0.3, 0.4) is 0 Å². The lowest BCUT2D eigenvalue weighted by Crippen LogP contribution is -2.44. The molecule has 35 heavy (non-hydrogen) atoms. The van der Waals surface area contributed by atoms with Gasteiger partial charge in [-0.05, 0) is 49.1 Å². The molecule has 5 rings (SSSR count). The number of fused-ring (bicyclic) bond motifs is 1. The Morgan fingerprint density at radius 2 is 1.57 bits per heavy atom. The number of piperidine rings is 1. The zero-order chi connectivity index (χ0) is 24.3. The Morgan fingerprint density at radius 3 is 2.26 bits per heavy atom. The highest BCUT2D eigenvalue weighted by Gasteiger charge is 2.33. The molecule has 1 aliphatic rings. The maximum absolute atomic E-state index is 13.3. The van der Waals surface area contributed by atoms with E-state index in [4.69, 9.17) is 4.98 Å². The zero-order valence-electron chi connectivity index (χ0n) is 19.3. The Labute approximate surface area is 205 Å². The van der Waals surface area contributed by atoms with Crippen molar-refractivity contribution in [2.45, 2.75) is 30.2 Å². The first-order valence-corrected chi connectivity index (χ1v) is 13.3. The van der Waals surface area contributed by atoms with Crippen molar-refractivity contribution in [1.29, 1.82) is 0 Å². The monoisotopic (exact) mass is 488 g/mol. The summed E-state index contributed by atoms with van der Waals surface area (Å²) in [6, 6.07) is 25.9. The van der Waals surface area contributed by atoms with Crippen LogP contribution in [0.2, 0.25) is 0 Å². The number of para-hydroxylation sites is 2. The fourth-order valence-electron chi connectivity index (χ4n) is 4.59. The van der Waals surface area contributed by atoms with E-state index >= 15 is 0 Å². The van der Waals surface area contributed by atoms with Crippen molar-refractivity contribution in [3.8, 4) is 0 Å². The molecule has 1 aliphatic heterocycles. The third-order valence-corrected chi connectivity index (χ3v) is 8.46. The molecule has 7 nitrogen and oxygen atoms in total.